The largest absolute Gasteiger partial charge is 0.497 e. The van der Waals surface area contributed by atoms with E-state index >= 15 is 0 Å². The average Bonchev–Trinajstić information content (AvgIpc) is 2.75. The van der Waals surface area contributed by atoms with E-state index < -0.39 is 0 Å². The van der Waals surface area contributed by atoms with Gasteiger partial charge in [0.05, 0.1) is 24.1 Å². The van der Waals surface area contributed by atoms with E-state index in [9.17, 15) is 0 Å². The van der Waals surface area contributed by atoms with Crippen molar-refractivity contribution < 1.29 is 9.47 Å². The van der Waals surface area contributed by atoms with Crippen LogP contribution in [0.1, 0.15) is 30.2 Å². The van der Waals surface area contributed by atoms with E-state index in [4.69, 9.17) is 21.1 Å². The molecule has 3 atom stereocenters. The monoisotopic (exact) mass is 318 g/mol. The third-order valence-corrected chi connectivity index (χ3v) is 4.51. The molecular weight excluding hydrogens is 303 g/mol. The van der Waals surface area contributed by atoms with E-state index in [1.54, 1.807) is 7.11 Å². The molecule has 0 amide bonds. The number of ether oxygens (including phenoxy) is 2. The zero-order valence-corrected chi connectivity index (χ0v) is 12.3. The van der Waals surface area contributed by atoms with Gasteiger partial charge in [-0.3, -0.25) is 0 Å². The van der Waals surface area contributed by atoms with Gasteiger partial charge in [0.2, 0.25) is 0 Å². The molecule has 0 bridgehead atoms. The van der Waals surface area contributed by atoms with Gasteiger partial charge in [-0.25, -0.2) is 0 Å². The topological polar surface area (TPSA) is 18.5 Å². The van der Waals surface area contributed by atoms with Crippen molar-refractivity contribution in [3.63, 3.8) is 0 Å². The summed E-state index contributed by atoms with van der Waals surface area (Å²) in [5, 5.41) is 0.717. The molecule has 4 heteroatoms. The minimum Gasteiger partial charge on any atom is -0.497 e. The lowest BCUT2D eigenvalue weighted by Crippen LogP contribution is -2.14. The van der Waals surface area contributed by atoms with Crippen LogP contribution in [0.2, 0.25) is 5.02 Å². The molecule has 1 aliphatic heterocycles. The first kappa shape index (κ1) is 13.2. The van der Waals surface area contributed by atoms with Crippen molar-refractivity contribution in [2.45, 2.75) is 36.8 Å². The van der Waals surface area contributed by atoms with Crippen LogP contribution in [-0.4, -0.2) is 19.3 Å². The third-order valence-electron chi connectivity index (χ3n) is 3.10. The van der Waals surface area contributed by atoms with E-state index in [1.165, 1.54) is 0 Å². The second kappa shape index (κ2) is 5.59. The van der Waals surface area contributed by atoms with Crippen LogP contribution in [0.15, 0.2) is 18.2 Å². The lowest BCUT2D eigenvalue weighted by molar-refractivity contribution is 0.0557. The Morgan fingerprint density at radius 3 is 2.76 bits per heavy atom. The van der Waals surface area contributed by atoms with Gasteiger partial charge in [0.1, 0.15) is 5.75 Å². The Morgan fingerprint density at radius 2 is 2.24 bits per heavy atom. The molecule has 0 N–H and O–H groups in total. The predicted molar refractivity (Wildman–Crippen MR) is 73.2 cm³/mol. The molecular formula is C13H16BrClO2. The fourth-order valence-electron chi connectivity index (χ4n) is 2.11. The number of benzene rings is 1. The van der Waals surface area contributed by atoms with E-state index in [2.05, 4.69) is 22.9 Å². The van der Waals surface area contributed by atoms with Gasteiger partial charge in [0, 0.05) is 5.02 Å². The molecule has 1 heterocycles. The van der Waals surface area contributed by atoms with Gasteiger partial charge in [0.25, 0.3) is 0 Å². The number of rotatable bonds is 3. The summed E-state index contributed by atoms with van der Waals surface area (Å²) in [6, 6.07) is 5.75. The highest BCUT2D eigenvalue weighted by Crippen LogP contribution is 2.39. The minimum atomic E-state index is 0.144. The van der Waals surface area contributed by atoms with Gasteiger partial charge in [-0.05, 0) is 37.5 Å². The first-order valence-corrected chi connectivity index (χ1v) is 7.04. The van der Waals surface area contributed by atoms with E-state index in [0.717, 1.165) is 29.2 Å². The van der Waals surface area contributed by atoms with Crippen LogP contribution >= 0.6 is 27.5 Å². The molecule has 0 radical (unpaired) electrons. The molecule has 3 unspecified atom stereocenters. The fourth-order valence-corrected chi connectivity index (χ4v) is 3.32. The van der Waals surface area contributed by atoms with Gasteiger partial charge < -0.3 is 9.47 Å². The molecule has 2 nitrogen and oxygen atoms in total. The summed E-state index contributed by atoms with van der Waals surface area (Å²) in [6.45, 7) is 2.11. The third kappa shape index (κ3) is 2.95. The molecule has 94 valence electrons. The molecule has 1 aliphatic rings. The Kier molecular flexibility index (Phi) is 4.34. The normalized spacial score (nSPS) is 25.9. The Balaban J connectivity index is 2.16. The van der Waals surface area contributed by atoms with Crippen molar-refractivity contribution in [3.05, 3.63) is 28.8 Å². The second-order valence-electron chi connectivity index (χ2n) is 4.35. The van der Waals surface area contributed by atoms with Crippen LogP contribution in [0.25, 0.3) is 0 Å². The molecule has 2 rings (SSSR count). The number of alkyl halides is 1. The predicted octanol–water partition coefficient (Wildman–Crippen LogP) is 4.35. The van der Waals surface area contributed by atoms with Crippen molar-refractivity contribution >= 4 is 27.5 Å². The highest BCUT2D eigenvalue weighted by molar-refractivity contribution is 9.09. The summed E-state index contributed by atoms with van der Waals surface area (Å²) in [5.41, 5.74) is 1.06. The Hall–Kier alpha value is -0.250. The van der Waals surface area contributed by atoms with Crippen molar-refractivity contribution in [2.75, 3.05) is 7.11 Å². The van der Waals surface area contributed by atoms with E-state index in [0.29, 0.717) is 6.10 Å². The van der Waals surface area contributed by atoms with Gasteiger partial charge >= 0.3 is 0 Å². The van der Waals surface area contributed by atoms with Gasteiger partial charge in [-0.15, -0.1) is 0 Å². The standard InChI is InChI=1S/C13H16BrClO2/c1-8-3-6-12(17-8)13(14)10-5-4-9(16-2)7-11(10)15/h4-5,7-8,12-13H,3,6H2,1-2H3. The molecule has 0 aliphatic carbocycles. The van der Waals surface area contributed by atoms with Gasteiger partial charge in [-0.1, -0.05) is 33.6 Å². The highest BCUT2D eigenvalue weighted by atomic mass is 79.9. The molecule has 1 fully saturated rings. The van der Waals surface area contributed by atoms with Crippen molar-refractivity contribution in [2.24, 2.45) is 0 Å². The molecule has 17 heavy (non-hydrogen) atoms. The molecule has 1 aromatic rings. The zero-order chi connectivity index (χ0) is 12.4. The maximum atomic E-state index is 6.25. The Labute approximate surface area is 115 Å². The minimum absolute atomic E-state index is 0.144. The summed E-state index contributed by atoms with van der Waals surface area (Å²) >= 11 is 9.94. The lowest BCUT2D eigenvalue weighted by Gasteiger charge is -2.19. The summed E-state index contributed by atoms with van der Waals surface area (Å²) in [4.78, 5) is 0.144. The second-order valence-corrected chi connectivity index (χ2v) is 5.75. The molecule has 0 saturated carbocycles. The number of hydrogen-bond acceptors (Lipinski definition) is 2. The molecule has 1 aromatic carbocycles. The smallest absolute Gasteiger partial charge is 0.120 e. The fraction of sp³-hybridized carbons (Fsp3) is 0.538. The Morgan fingerprint density at radius 1 is 1.47 bits per heavy atom. The van der Waals surface area contributed by atoms with Crippen molar-refractivity contribution in [3.8, 4) is 5.75 Å². The molecule has 1 saturated heterocycles. The number of halogens is 2. The van der Waals surface area contributed by atoms with Crippen LogP contribution in [-0.2, 0) is 4.74 Å². The van der Waals surface area contributed by atoms with Gasteiger partial charge in [0.15, 0.2) is 0 Å². The van der Waals surface area contributed by atoms with Gasteiger partial charge in [-0.2, -0.15) is 0 Å². The Bertz CT molecular complexity index is 397. The lowest BCUT2D eigenvalue weighted by atomic mass is 10.0. The summed E-state index contributed by atoms with van der Waals surface area (Å²) < 4.78 is 11.0. The van der Waals surface area contributed by atoms with E-state index in [-0.39, 0.29) is 10.9 Å². The van der Waals surface area contributed by atoms with Crippen LogP contribution in [0.5, 0.6) is 5.75 Å². The van der Waals surface area contributed by atoms with Crippen molar-refractivity contribution in [1.82, 2.24) is 0 Å². The van der Waals surface area contributed by atoms with Crippen LogP contribution in [0.4, 0.5) is 0 Å². The summed E-state index contributed by atoms with van der Waals surface area (Å²) in [6.07, 6.45) is 2.73. The number of hydrogen-bond donors (Lipinski definition) is 0. The maximum Gasteiger partial charge on any atom is 0.120 e. The number of methoxy groups -OCH3 is 1. The summed E-state index contributed by atoms with van der Waals surface area (Å²) in [7, 11) is 1.64. The van der Waals surface area contributed by atoms with Crippen LogP contribution in [0, 0.1) is 0 Å². The first-order valence-electron chi connectivity index (χ1n) is 5.74. The summed E-state index contributed by atoms with van der Waals surface area (Å²) in [5.74, 6) is 0.777. The van der Waals surface area contributed by atoms with Crippen LogP contribution < -0.4 is 4.74 Å². The highest BCUT2D eigenvalue weighted by Gasteiger charge is 2.30. The van der Waals surface area contributed by atoms with Crippen molar-refractivity contribution in [1.29, 1.82) is 0 Å². The van der Waals surface area contributed by atoms with Crippen LogP contribution in [0.3, 0.4) is 0 Å². The maximum absolute atomic E-state index is 6.25. The first-order chi connectivity index (χ1) is 8.11. The SMILES string of the molecule is COc1ccc(C(Br)C2CCC(C)O2)c(Cl)c1. The zero-order valence-electron chi connectivity index (χ0n) is 9.95. The molecule has 0 aromatic heterocycles. The quantitative estimate of drug-likeness (QED) is 0.771. The average molecular weight is 320 g/mol. The van der Waals surface area contributed by atoms with E-state index in [1.807, 2.05) is 18.2 Å². The molecule has 0 spiro atoms.